The minimum absolute atomic E-state index is 0.0239. The number of aliphatic hydroxyl groups excluding tert-OH is 1. The molecule has 6 heteroatoms. The molecular formula is C23H18N2O4. The predicted molar refractivity (Wildman–Crippen MR) is 107 cm³/mol. The molecule has 1 fully saturated rings. The first-order valence-corrected chi connectivity index (χ1v) is 9.08. The van der Waals surface area contributed by atoms with Gasteiger partial charge in [-0.1, -0.05) is 48.5 Å². The van der Waals surface area contributed by atoms with Crippen LogP contribution in [-0.2, 0) is 16.1 Å². The Hall–Kier alpha value is -3.93. The molecule has 1 saturated heterocycles. The lowest BCUT2D eigenvalue weighted by atomic mass is 9.95. The monoisotopic (exact) mass is 386 g/mol. The number of Topliss-reactive ketones (excluding diaryl/α,β-unsaturated/α-hetero) is 1. The molecule has 1 aliphatic heterocycles. The molecule has 0 saturated carbocycles. The second kappa shape index (κ2) is 7.59. The second-order valence-corrected chi connectivity index (χ2v) is 6.75. The minimum atomic E-state index is -0.781. The molecule has 1 aliphatic rings. The van der Waals surface area contributed by atoms with Gasteiger partial charge in [0, 0.05) is 24.5 Å². The minimum Gasteiger partial charge on any atom is -0.508 e. The number of carbonyl (C=O) groups excluding carboxylic acids is 2. The first kappa shape index (κ1) is 18.4. The van der Waals surface area contributed by atoms with Crippen molar-refractivity contribution >= 4 is 17.4 Å². The maximum absolute atomic E-state index is 12.9. The molecule has 6 nitrogen and oxygen atoms in total. The van der Waals surface area contributed by atoms with Crippen LogP contribution in [0.5, 0.6) is 5.75 Å². The number of nitrogens with zero attached hydrogens (tertiary/aromatic N) is 2. The van der Waals surface area contributed by atoms with Gasteiger partial charge in [-0.3, -0.25) is 14.6 Å². The largest absolute Gasteiger partial charge is 0.508 e. The lowest BCUT2D eigenvalue weighted by Crippen LogP contribution is -2.29. The number of aliphatic hydroxyl groups is 1. The SMILES string of the molecule is O=C1C(=O)N(Cc2cccnc2)[C@H](c2ccc(O)cc2)/C1=C(\O)c1ccccc1. The summed E-state index contributed by atoms with van der Waals surface area (Å²) in [4.78, 5) is 31.2. The number of amides is 1. The van der Waals surface area contributed by atoms with Gasteiger partial charge in [-0.25, -0.2) is 0 Å². The highest BCUT2D eigenvalue weighted by molar-refractivity contribution is 6.46. The van der Waals surface area contributed by atoms with Gasteiger partial charge in [0.15, 0.2) is 0 Å². The van der Waals surface area contributed by atoms with E-state index < -0.39 is 17.7 Å². The fourth-order valence-corrected chi connectivity index (χ4v) is 3.49. The van der Waals surface area contributed by atoms with E-state index in [0.717, 1.165) is 5.56 Å². The first-order chi connectivity index (χ1) is 14.1. The second-order valence-electron chi connectivity index (χ2n) is 6.75. The standard InChI is InChI=1S/C23H18N2O4/c26-18-10-8-16(9-11-18)20-19(21(27)17-6-2-1-3-7-17)22(28)23(29)25(20)14-15-5-4-12-24-13-15/h1-13,20,26-27H,14H2/b21-19+/t20-/m1/s1. The molecule has 0 unspecified atom stereocenters. The molecule has 3 aromatic rings. The van der Waals surface area contributed by atoms with Gasteiger partial charge in [-0.2, -0.15) is 0 Å². The summed E-state index contributed by atoms with van der Waals surface area (Å²) in [6.45, 7) is 0.162. The Bertz CT molecular complexity index is 1080. The third kappa shape index (κ3) is 3.48. The summed E-state index contributed by atoms with van der Waals surface area (Å²) in [6.07, 6.45) is 3.26. The number of carbonyl (C=O) groups is 2. The molecule has 0 radical (unpaired) electrons. The number of aromatic nitrogens is 1. The van der Waals surface area contributed by atoms with Gasteiger partial charge in [-0.05, 0) is 29.3 Å². The van der Waals surface area contributed by atoms with Crippen molar-refractivity contribution in [3.05, 3.63) is 101 Å². The molecule has 1 atom stereocenters. The maximum Gasteiger partial charge on any atom is 0.295 e. The van der Waals surface area contributed by atoms with Crippen LogP contribution >= 0.6 is 0 Å². The molecule has 2 N–H and O–H groups in total. The summed E-state index contributed by atoms with van der Waals surface area (Å²) in [5, 5.41) is 20.5. The number of pyridine rings is 1. The van der Waals surface area contributed by atoms with Gasteiger partial charge >= 0.3 is 0 Å². The van der Waals surface area contributed by atoms with E-state index in [2.05, 4.69) is 4.98 Å². The van der Waals surface area contributed by atoms with Crippen LogP contribution in [0.25, 0.3) is 5.76 Å². The molecule has 0 spiro atoms. The molecule has 0 aliphatic carbocycles. The van der Waals surface area contributed by atoms with Crippen molar-refractivity contribution in [3.8, 4) is 5.75 Å². The van der Waals surface area contributed by atoms with Gasteiger partial charge < -0.3 is 15.1 Å². The zero-order chi connectivity index (χ0) is 20.4. The number of likely N-dealkylation sites (tertiary alicyclic amines) is 1. The van der Waals surface area contributed by atoms with Crippen LogP contribution in [0.3, 0.4) is 0 Å². The van der Waals surface area contributed by atoms with Crippen molar-refractivity contribution in [2.24, 2.45) is 0 Å². The summed E-state index contributed by atoms with van der Waals surface area (Å²) in [7, 11) is 0. The average Bonchev–Trinajstić information content (AvgIpc) is 3.00. The Morgan fingerprint density at radius 2 is 1.69 bits per heavy atom. The van der Waals surface area contributed by atoms with Gasteiger partial charge in [-0.15, -0.1) is 0 Å². The summed E-state index contributed by atoms with van der Waals surface area (Å²) in [5.41, 5.74) is 1.85. The summed E-state index contributed by atoms with van der Waals surface area (Å²) < 4.78 is 0. The van der Waals surface area contributed by atoms with Gasteiger partial charge in [0.2, 0.25) is 0 Å². The van der Waals surface area contributed by atoms with E-state index in [1.807, 2.05) is 6.07 Å². The number of phenolic OH excluding ortho intramolecular Hbond substituents is 1. The fraction of sp³-hybridized carbons (Fsp3) is 0.0870. The number of aromatic hydroxyl groups is 1. The highest BCUT2D eigenvalue weighted by Crippen LogP contribution is 2.40. The maximum atomic E-state index is 12.9. The molecular weight excluding hydrogens is 368 g/mol. The Balaban J connectivity index is 1.86. The molecule has 1 amide bonds. The molecule has 0 bridgehead atoms. The number of hydrogen-bond donors (Lipinski definition) is 2. The van der Waals surface area contributed by atoms with Crippen molar-refractivity contribution < 1.29 is 19.8 Å². The molecule has 2 aromatic carbocycles. The van der Waals surface area contributed by atoms with Crippen LogP contribution in [0.2, 0.25) is 0 Å². The van der Waals surface area contributed by atoms with Crippen LogP contribution in [0.1, 0.15) is 22.7 Å². The average molecular weight is 386 g/mol. The van der Waals surface area contributed by atoms with Crippen molar-refractivity contribution in [2.75, 3.05) is 0 Å². The quantitative estimate of drug-likeness (QED) is 0.407. The Morgan fingerprint density at radius 3 is 2.34 bits per heavy atom. The number of benzene rings is 2. The predicted octanol–water partition coefficient (Wildman–Crippen LogP) is 3.41. The summed E-state index contributed by atoms with van der Waals surface area (Å²) in [6, 6.07) is 17.7. The first-order valence-electron chi connectivity index (χ1n) is 9.08. The van der Waals surface area contributed by atoms with Gasteiger partial charge in [0.1, 0.15) is 11.5 Å². The van der Waals surface area contributed by atoms with E-state index in [4.69, 9.17) is 0 Å². The zero-order valence-corrected chi connectivity index (χ0v) is 15.4. The van der Waals surface area contributed by atoms with E-state index in [1.54, 1.807) is 60.9 Å². The Labute approximate surface area is 167 Å². The molecule has 2 heterocycles. The van der Waals surface area contributed by atoms with E-state index in [9.17, 15) is 19.8 Å². The van der Waals surface area contributed by atoms with Crippen molar-refractivity contribution in [2.45, 2.75) is 12.6 Å². The van der Waals surface area contributed by atoms with Crippen LogP contribution < -0.4 is 0 Å². The normalized spacial score (nSPS) is 18.2. The van der Waals surface area contributed by atoms with E-state index in [-0.39, 0.29) is 23.6 Å². The number of hydrogen-bond acceptors (Lipinski definition) is 5. The van der Waals surface area contributed by atoms with Crippen LogP contribution in [0.4, 0.5) is 0 Å². The molecule has 29 heavy (non-hydrogen) atoms. The highest BCUT2D eigenvalue weighted by atomic mass is 16.3. The topological polar surface area (TPSA) is 90.7 Å². The molecule has 4 rings (SSSR count). The summed E-state index contributed by atoms with van der Waals surface area (Å²) in [5.74, 6) is -1.59. The molecule has 144 valence electrons. The third-order valence-corrected chi connectivity index (χ3v) is 4.87. The Morgan fingerprint density at radius 1 is 0.966 bits per heavy atom. The van der Waals surface area contributed by atoms with Crippen molar-refractivity contribution in [1.29, 1.82) is 0 Å². The van der Waals surface area contributed by atoms with Crippen LogP contribution in [0.15, 0.2) is 84.7 Å². The fourth-order valence-electron chi connectivity index (χ4n) is 3.49. The van der Waals surface area contributed by atoms with Crippen molar-refractivity contribution in [3.63, 3.8) is 0 Å². The Kier molecular flexibility index (Phi) is 4.83. The van der Waals surface area contributed by atoms with E-state index in [1.165, 1.54) is 17.0 Å². The van der Waals surface area contributed by atoms with Crippen LogP contribution in [-0.4, -0.2) is 31.8 Å². The lowest BCUT2D eigenvalue weighted by Gasteiger charge is -2.25. The van der Waals surface area contributed by atoms with E-state index in [0.29, 0.717) is 11.1 Å². The van der Waals surface area contributed by atoms with Gasteiger partial charge in [0.25, 0.3) is 11.7 Å². The third-order valence-electron chi connectivity index (χ3n) is 4.87. The summed E-state index contributed by atoms with van der Waals surface area (Å²) >= 11 is 0. The number of rotatable bonds is 4. The highest BCUT2D eigenvalue weighted by Gasteiger charge is 2.46. The zero-order valence-electron chi connectivity index (χ0n) is 15.4. The van der Waals surface area contributed by atoms with Gasteiger partial charge in [0.05, 0.1) is 11.6 Å². The van der Waals surface area contributed by atoms with E-state index >= 15 is 0 Å². The smallest absolute Gasteiger partial charge is 0.295 e. The lowest BCUT2D eigenvalue weighted by molar-refractivity contribution is -0.140. The van der Waals surface area contributed by atoms with Crippen molar-refractivity contribution in [1.82, 2.24) is 9.88 Å². The molecule has 1 aromatic heterocycles. The number of ketones is 1. The van der Waals surface area contributed by atoms with Crippen LogP contribution in [0, 0.1) is 0 Å². The number of phenols is 1.